The lowest BCUT2D eigenvalue weighted by molar-refractivity contribution is -0.165. The SMILES string of the molecule is O=C(O)C1C(=O)C2(CCNCN2)C1=O. The molecule has 0 atom stereocenters. The lowest BCUT2D eigenvalue weighted by atomic mass is 9.63. The zero-order valence-electron chi connectivity index (χ0n) is 7.37. The van der Waals surface area contributed by atoms with E-state index in [1.807, 2.05) is 0 Å². The first-order valence-electron chi connectivity index (χ1n) is 4.37. The molecular weight excluding hydrogens is 188 g/mol. The number of carboxylic acids is 1. The summed E-state index contributed by atoms with van der Waals surface area (Å²) < 4.78 is 0. The molecule has 76 valence electrons. The monoisotopic (exact) mass is 198 g/mol. The molecule has 2 rings (SSSR count). The summed E-state index contributed by atoms with van der Waals surface area (Å²) in [4.78, 5) is 33.5. The molecule has 0 amide bonds. The van der Waals surface area contributed by atoms with Gasteiger partial charge in [0, 0.05) is 6.67 Å². The number of carbonyl (C=O) groups is 3. The first-order valence-corrected chi connectivity index (χ1v) is 4.37. The molecule has 1 saturated heterocycles. The average molecular weight is 198 g/mol. The Kier molecular flexibility index (Phi) is 1.90. The molecule has 1 aliphatic heterocycles. The van der Waals surface area contributed by atoms with Gasteiger partial charge in [-0.3, -0.25) is 19.7 Å². The molecule has 0 unspecified atom stereocenters. The Morgan fingerprint density at radius 2 is 2.07 bits per heavy atom. The molecule has 1 aliphatic carbocycles. The van der Waals surface area contributed by atoms with Crippen LogP contribution in [0, 0.1) is 5.92 Å². The second kappa shape index (κ2) is 2.86. The first kappa shape index (κ1) is 9.29. The maximum Gasteiger partial charge on any atom is 0.321 e. The number of carbonyl (C=O) groups excluding carboxylic acids is 2. The molecule has 6 nitrogen and oxygen atoms in total. The highest BCUT2D eigenvalue weighted by atomic mass is 16.4. The second-order valence-electron chi connectivity index (χ2n) is 3.51. The molecule has 6 heteroatoms. The second-order valence-corrected chi connectivity index (χ2v) is 3.51. The summed E-state index contributed by atoms with van der Waals surface area (Å²) in [6.45, 7) is 0.917. The summed E-state index contributed by atoms with van der Waals surface area (Å²) in [5.74, 6) is -3.79. The van der Waals surface area contributed by atoms with Crippen LogP contribution in [0.2, 0.25) is 0 Å². The predicted octanol–water partition coefficient (Wildman–Crippen LogP) is -1.88. The van der Waals surface area contributed by atoms with Crippen molar-refractivity contribution in [2.75, 3.05) is 13.2 Å². The van der Waals surface area contributed by atoms with Crippen LogP contribution >= 0.6 is 0 Å². The lowest BCUT2D eigenvalue weighted by Crippen LogP contribution is -2.76. The highest BCUT2D eigenvalue weighted by molar-refractivity contribution is 6.39. The molecular formula is C8H10N2O4. The fourth-order valence-electron chi connectivity index (χ4n) is 1.97. The number of carboxylic acid groups (broad SMARTS) is 1. The molecule has 0 radical (unpaired) electrons. The van der Waals surface area contributed by atoms with E-state index in [-0.39, 0.29) is 0 Å². The number of rotatable bonds is 1. The van der Waals surface area contributed by atoms with E-state index in [4.69, 9.17) is 5.11 Å². The first-order chi connectivity index (χ1) is 6.59. The van der Waals surface area contributed by atoms with Crippen molar-refractivity contribution in [2.45, 2.75) is 12.0 Å². The minimum absolute atomic E-state index is 0.342. The Morgan fingerprint density at radius 1 is 1.43 bits per heavy atom. The Hall–Kier alpha value is -1.27. The molecule has 3 N–H and O–H groups in total. The van der Waals surface area contributed by atoms with Gasteiger partial charge in [-0.15, -0.1) is 0 Å². The Labute approximate surface area is 79.7 Å². The summed E-state index contributed by atoms with van der Waals surface area (Å²) >= 11 is 0. The van der Waals surface area contributed by atoms with Crippen molar-refractivity contribution < 1.29 is 19.5 Å². The van der Waals surface area contributed by atoms with E-state index in [9.17, 15) is 14.4 Å². The third-order valence-electron chi connectivity index (χ3n) is 2.80. The largest absolute Gasteiger partial charge is 0.480 e. The van der Waals surface area contributed by atoms with E-state index in [0.29, 0.717) is 19.6 Å². The van der Waals surface area contributed by atoms with Gasteiger partial charge in [0.25, 0.3) is 0 Å². The van der Waals surface area contributed by atoms with Gasteiger partial charge in [0.05, 0.1) is 0 Å². The maximum atomic E-state index is 11.5. The van der Waals surface area contributed by atoms with Crippen molar-refractivity contribution >= 4 is 17.5 Å². The van der Waals surface area contributed by atoms with E-state index >= 15 is 0 Å². The van der Waals surface area contributed by atoms with Crippen molar-refractivity contribution in [3.63, 3.8) is 0 Å². The number of hydrogen-bond donors (Lipinski definition) is 3. The molecule has 1 heterocycles. The number of Topliss-reactive ketones (excluding diaryl/α,β-unsaturated/α-hetero) is 2. The van der Waals surface area contributed by atoms with Crippen LogP contribution in [0.15, 0.2) is 0 Å². The molecule has 0 bridgehead atoms. The third-order valence-corrected chi connectivity index (χ3v) is 2.80. The summed E-state index contributed by atoms with van der Waals surface area (Å²) in [5.41, 5.74) is -1.20. The predicted molar refractivity (Wildman–Crippen MR) is 44.5 cm³/mol. The minimum atomic E-state index is -1.44. The molecule has 14 heavy (non-hydrogen) atoms. The Balaban J connectivity index is 2.21. The van der Waals surface area contributed by atoms with Gasteiger partial charge in [0.1, 0.15) is 5.54 Å². The number of nitrogens with one attached hydrogen (secondary N) is 2. The smallest absolute Gasteiger partial charge is 0.321 e. The van der Waals surface area contributed by atoms with Crippen molar-refractivity contribution in [1.29, 1.82) is 0 Å². The van der Waals surface area contributed by atoms with Gasteiger partial charge in [-0.1, -0.05) is 0 Å². The van der Waals surface area contributed by atoms with E-state index < -0.39 is 29.0 Å². The van der Waals surface area contributed by atoms with Crippen LogP contribution in [0.4, 0.5) is 0 Å². The van der Waals surface area contributed by atoms with E-state index in [0.717, 1.165) is 0 Å². The summed E-state index contributed by atoms with van der Waals surface area (Å²) in [6, 6.07) is 0. The highest BCUT2D eigenvalue weighted by Crippen LogP contribution is 2.33. The molecule has 2 fully saturated rings. The van der Waals surface area contributed by atoms with Gasteiger partial charge in [-0.05, 0) is 13.0 Å². The topological polar surface area (TPSA) is 95.5 Å². The van der Waals surface area contributed by atoms with Crippen LogP contribution in [0.1, 0.15) is 6.42 Å². The van der Waals surface area contributed by atoms with Crippen molar-refractivity contribution in [3.8, 4) is 0 Å². The van der Waals surface area contributed by atoms with Crippen molar-refractivity contribution in [3.05, 3.63) is 0 Å². The fraction of sp³-hybridized carbons (Fsp3) is 0.625. The van der Waals surface area contributed by atoms with Crippen LogP contribution in [0.3, 0.4) is 0 Å². The van der Waals surface area contributed by atoms with Gasteiger partial charge < -0.3 is 10.4 Å². The molecule has 2 aliphatic rings. The lowest BCUT2D eigenvalue weighted by Gasteiger charge is -2.45. The van der Waals surface area contributed by atoms with Crippen molar-refractivity contribution in [2.24, 2.45) is 5.92 Å². The van der Waals surface area contributed by atoms with Crippen LogP contribution in [-0.2, 0) is 14.4 Å². The van der Waals surface area contributed by atoms with Crippen LogP contribution < -0.4 is 10.6 Å². The zero-order valence-corrected chi connectivity index (χ0v) is 7.37. The van der Waals surface area contributed by atoms with Crippen LogP contribution in [0.5, 0.6) is 0 Å². The maximum absolute atomic E-state index is 11.5. The van der Waals surface area contributed by atoms with Crippen LogP contribution in [0.25, 0.3) is 0 Å². The van der Waals surface area contributed by atoms with Gasteiger partial charge in [0.2, 0.25) is 0 Å². The van der Waals surface area contributed by atoms with E-state index in [1.165, 1.54) is 0 Å². The Bertz CT molecular complexity index is 301. The van der Waals surface area contributed by atoms with Crippen molar-refractivity contribution in [1.82, 2.24) is 10.6 Å². The molecule has 1 spiro atoms. The highest BCUT2D eigenvalue weighted by Gasteiger charge is 2.64. The van der Waals surface area contributed by atoms with Gasteiger partial charge in [-0.2, -0.15) is 0 Å². The third kappa shape index (κ3) is 0.948. The summed E-state index contributed by atoms with van der Waals surface area (Å²) in [5, 5.41) is 14.3. The standard InChI is InChI=1S/C8H10N2O4/c11-5-4(7(13)14)6(12)8(5)1-2-9-3-10-8/h4,9-10H,1-3H2,(H,13,14). The number of hydrogen-bond acceptors (Lipinski definition) is 5. The summed E-state index contributed by atoms with van der Waals surface area (Å²) in [7, 11) is 0. The number of ketones is 2. The quantitative estimate of drug-likeness (QED) is 0.427. The minimum Gasteiger partial charge on any atom is -0.480 e. The molecule has 0 aromatic heterocycles. The average Bonchev–Trinajstić information content (AvgIpc) is 2.19. The summed E-state index contributed by atoms with van der Waals surface area (Å²) in [6.07, 6.45) is 0.342. The molecule has 0 aromatic rings. The van der Waals surface area contributed by atoms with Gasteiger partial charge in [0.15, 0.2) is 17.5 Å². The van der Waals surface area contributed by atoms with E-state index in [1.54, 1.807) is 0 Å². The van der Waals surface area contributed by atoms with E-state index in [2.05, 4.69) is 10.6 Å². The zero-order chi connectivity index (χ0) is 10.3. The normalized spacial score (nSPS) is 37.0. The van der Waals surface area contributed by atoms with Gasteiger partial charge >= 0.3 is 5.97 Å². The number of aliphatic carboxylic acids is 1. The molecule has 0 aromatic carbocycles. The Morgan fingerprint density at radius 3 is 2.50 bits per heavy atom. The molecule has 1 saturated carbocycles. The fourth-order valence-corrected chi connectivity index (χ4v) is 1.97. The van der Waals surface area contributed by atoms with Gasteiger partial charge in [-0.25, -0.2) is 0 Å². The van der Waals surface area contributed by atoms with Crippen LogP contribution in [-0.4, -0.2) is 41.4 Å².